The van der Waals surface area contributed by atoms with Crippen LogP contribution in [0.2, 0.25) is 0 Å². The van der Waals surface area contributed by atoms with E-state index in [1.165, 1.54) is 0 Å². The van der Waals surface area contributed by atoms with E-state index in [1.807, 2.05) is 6.92 Å². The van der Waals surface area contributed by atoms with Crippen molar-refractivity contribution in [2.45, 2.75) is 39.2 Å². The van der Waals surface area contributed by atoms with Gasteiger partial charge in [-0.05, 0) is 18.8 Å². The molecular weight excluding hydrogens is 246 g/mol. The molecule has 0 amide bonds. The van der Waals surface area contributed by atoms with Crippen LogP contribution in [-0.2, 0) is 17.8 Å². The lowest BCUT2D eigenvalue weighted by molar-refractivity contribution is -0.149. The van der Waals surface area contributed by atoms with Crippen LogP contribution in [-0.4, -0.2) is 39.2 Å². The first kappa shape index (κ1) is 12.6. The average Bonchev–Trinajstić information content (AvgIpc) is 3.02. The summed E-state index contributed by atoms with van der Waals surface area (Å²) >= 11 is 0. The molecule has 2 atom stereocenters. The Kier molecular flexibility index (Phi) is 3.05. The minimum Gasteiger partial charge on any atom is -0.481 e. The van der Waals surface area contributed by atoms with Gasteiger partial charge in [0.1, 0.15) is 0 Å². The van der Waals surface area contributed by atoms with Crippen LogP contribution in [0.5, 0.6) is 0 Å². The lowest BCUT2D eigenvalue weighted by atomic mass is 9.81. The number of aliphatic carboxylic acids is 1. The van der Waals surface area contributed by atoms with Crippen molar-refractivity contribution in [3.8, 4) is 0 Å². The van der Waals surface area contributed by atoms with Gasteiger partial charge in [0.25, 0.3) is 0 Å². The topological polar surface area (TPSA) is 79.5 Å². The maximum atomic E-state index is 11.6. The highest BCUT2D eigenvalue weighted by molar-refractivity contribution is 5.76. The highest BCUT2D eigenvalue weighted by Crippen LogP contribution is 2.49. The third-order valence-electron chi connectivity index (χ3n) is 4.54. The predicted molar refractivity (Wildman–Crippen MR) is 66.4 cm³/mol. The molecule has 1 aromatic rings. The van der Waals surface area contributed by atoms with Crippen molar-refractivity contribution in [3.63, 3.8) is 0 Å². The molecule has 0 bridgehead atoms. The van der Waals surface area contributed by atoms with Crippen LogP contribution in [0.25, 0.3) is 0 Å². The summed E-state index contributed by atoms with van der Waals surface area (Å²) in [6.07, 6.45) is 3.59. The number of fused-ring (bicyclic) bond motifs is 1. The summed E-state index contributed by atoms with van der Waals surface area (Å²) in [6, 6.07) is 0. The van der Waals surface area contributed by atoms with Crippen molar-refractivity contribution in [2.75, 3.05) is 13.1 Å². The van der Waals surface area contributed by atoms with Crippen LogP contribution in [0.3, 0.4) is 0 Å². The van der Waals surface area contributed by atoms with Gasteiger partial charge in [0, 0.05) is 19.5 Å². The number of rotatable bonds is 4. The first-order valence-electron chi connectivity index (χ1n) is 6.91. The smallest absolute Gasteiger partial charge is 0.311 e. The minimum atomic E-state index is -0.639. The maximum Gasteiger partial charge on any atom is 0.311 e. The van der Waals surface area contributed by atoms with Crippen molar-refractivity contribution < 1.29 is 14.4 Å². The Labute approximate surface area is 111 Å². The van der Waals surface area contributed by atoms with Gasteiger partial charge in [0.2, 0.25) is 5.89 Å². The SMILES string of the molecule is CCc1nc(CN2C[C@@H]3CCC[C@@]3(C(=O)O)C2)no1. The second-order valence-corrected chi connectivity index (χ2v) is 5.68. The highest BCUT2D eigenvalue weighted by atomic mass is 16.5. The lowest BCUT2D eigenvalue weighted by Gasteiger charge is -2.23. The summed E-state index contributed by atoms with van der Waals surface area (Å²) in [7, 11) is 0. The largest absolute Gasteiger partial charge is 0.481 e. The van der Waals surface area contributed by atoms with E-state index in [-0.39, 0.29) is 5.92 Å². The van der Waals surface area contributed by atoms with Crippen LogP contribution in [0.4, 0.5) is 0 Å². The lowest BCUT2D eigenvalue weighted by Crippen LogP contribution is -2.35. The van der Waals surface area contributed by atoms with Gasteiger partial charge >= 0.3 is 5.97 Å². The van der Waals surface area contributed by atoms with Crippen LogP contribution in [0, 0.1) is 11.3 Å². The third kappa shape index (κ3) is 2.04. The van der Waals surface area contributed by atoms with Gasteiger partial charge in [-0.1, -0.05) is 18.5 Å². The minimum absolute atomic E-state index is 0.280. The molecule has 1 aliphatic heterocycles. The molecule has 19 heavy (non-hydrogen) atoms. The van der Waals surface area contributed by atoms with E-state index in [0.717, 1.165) is 32.2 Å². The standard InChI is InChI=1S/C13H19N3O3/c1-2-11-14-10(15-19-11)7-16-6-9-4-3-5-13(9,8-16)12(17)18/h9H,2-8H2,1H3,(H,17,18)/t9-,13+/m0/s1. The van der Waals surface area contributed by atoms with E-state index >= 15 is 0 Å². The van der Waals surface area contributed by atoms with Crippen molar-refractivity contribution in [3.05, 3.63) is 11.7 Å². The van der Waals surface area contributed by atoms with E-state index in [2.05, 4.69) is 15.0 Å². The van der Waals surface area contributed by atoms with Gasteiger partial charge in [0.05, 0.1) is 12.0 Å². The van der Waals surface area contributed by atoms with Gasteiger partial charge < -0.3 is 9.63 Å². The Morgan fingerprint density at radius 2 is 2.47 bits per heavy atom. The number of hydrogen-bond acceptors (Lipinski definition) is 5. The molecule has 1 aromatic heterocycles. The Hall–Kier alpha value is -1.43. The first-order valence-corrected chi connectivity index (χ1v) is 6.91. The molecule has 2 heterocycles. The fourth-order valence-corrected chi connectivity index (χ4v) is 3.56. The monoisotopic (exact) mass is 265 g/mol. The van der Waals surface area contributed by atoms with Gasteiger partial charge in [-0.25, -0.2) is 0 Å². The molecule has 1 saturated heterocycles. The summed E-state index contributed by atoms with van der Waals surface area (Å²) in [6.45, 7) is 4.01. The van der Waals surface area contributed by atoms with Crippen molar-refractivity contribution in [1.82, 2.24) is 15.0 Å². The Balaban J connectivity index is 1.70. The molecule has 2 aliphatic rings. The molecule has 0 spiro atoms. The van der Waals surface area contributed by atoms with Gasteiger partial charge in [-0.15, -0.1) is 0 Å². The number of aromatic nitrogens is 2. The maximum absolute atomic E-state index is 11.6. The zero-order valence-electron chi connectivity index (χ0n) is 11.1. The van der Waals surface area contributed by atoms with Gasteiger partial charge in [0.15, 0.2) is 5.82 Å². The molecule has 1 aliphatic carbocycles. The zero-order valence-corrected chi connectivity index (χ0v) is 11.1. The number of aryl methyl sites for hydroxylation is 1. The van der Waals surface area contributed by atoms with Crippen LogP contribution < -0.4 is 0 Å². The molecule has 104 valence electrons. The average molecular weight is 265 g/mol. The second-order valence-electron chi connectivity index (χ2n) is 5.68. The van der Waals surface area contributed by atoms with E-state index in [0.29, 0.717) is 24.8 Å². The van der Waals surface area contributed by atoms with Gasteiger partial charge in [-0.2, -0.15) is 4.98 Å². The van der Waals surface area contributed by atoms with Crippen molar-refractivity contribution in [2.24, 2.45) is 11.3 Å². The number of carboxylic acids is 1. The Morgan fingerprint density at radius 3 is 3.11 bits per heavy atom. The van der Waals surface area contributed by atoms with Crippen molar-refractivity contribution >= 4 is 5.97 Å². The molecule has 1 N–H and O–H groups in total. The van der Waals surface area contributed by atoms with E-state index in [4.69, 9.17) is 4.52 Å². The van der Waals surface area contributed by atoms with Gasteiger partial charge in [-0.3, -0.25) is 9.69 Å². The molecule has 6 nitrogen and oxygen atoms in total. The van der Waals surface area contributed by atoms with E-state index in [9.17, 15) is 9.90 Å². The summed E-state index contributed by atoms with van der Waals surface area (Å²) in [5.74, 6) is 0.946. The van der Waals surface area contributed by atoms with Crippen LogP contribution in [0.15, 0.2) is 4.52 Å². The molecular formula is C13H19N3O3. The summed E-state index contributed by atoms with van der Waals surface area (Å²) in [5.41, 5.74) is -0.530. The number of hydrogen-bond donors (Lipinski definition) is 1. The Bertz CT molecular complexity index is 487. The second kappa shape index (κ2) is 4.59. The van der Waals surface area contributed by atoms with Crippen molar-refractivity contribution in [1.29, 1.82) is 0 Å². The number of nitrogens with zero attached hydrogens (tertiary/aromatic N) is 3. The predicted octanol–water partition coefficient (Wildman–Crippen LogP) is 1.32. The normalized spacial score (nSPS) is 30.7. The number of carboxylic acid groups (broad SMARTS) is 1. The molecule has 0 unspecified atom stereocenters. The fourth-order valence-electron chi connectivity index (χ4n) is 3.56. The van der Waals surface area contributed by atoms with Crippen LogP contribution in [0.1, 0.15) is 37.9 Å². The zero-order chi connectivity index (χ0) is 13.5. The van der Waals surface area contributed by atoms with E-state index < -0.39 is 11.4 Å². The third-order valence-corrected chi connectivity index (χ3v) is 4.54. The molecule has 2 fully saturated rings. The molecule has 6 heteroatoms. The molecule has 3 rings (SSSR count). The number of likely N-dealkylation sites (tertiary alicyclic amines) is 1. The molecule has 0 aromatic carbocycles. The summed E-state index contributed by atoms with van der Waals surface area (Å²) < 4.78 is 5.09. The highest BCUT2D eigenvalue weighted by Gasteiger charge is 2.54. The first-order chi connectivity index (χ1) is 9.14. The van der Waals surface area contributed by atoms with E-state index in [1.54, 1.807) is 0 Å². The summed E-state index contributed by atoms with van der Waals surface area (Å²) in [4.78, 5) is 18.0. The summed E-state index contributed by atoms with van der Waals surface area (Å²) in [5, 5.41) is 13.5. The fraction of sp³-hybridized carbons (Fsp3) is 0.769. The molecule has 0 radical (unpaired) electrons. The van der Waals surface area contributed by atoms with Crippen LogP contribution >= 0.6 is 0 Å². The molecule has 1 saturated carbocycles. The number of carbonyl (C=O) groups is 1. The quantitative estimate of drug-likeness (QED) is 0.884. The Morgan fingerprint density at radius 1 is 1.63 bits per heavy atom.